The molecule has 1 N–H and O–H groups in total. The van der Waals surface area contributed by atoms with Crippen LogP contribution in [0.2, 0.25) is 5.02 Å². The second-order valence-corrected chi connectivity index (χ2v) is 7.57. The number of hydrogen-bond donors (Lipinski definition) is 1. The molecule has 0 bridgehead atoms. The minimum atomic E-state index is -0.0443. The van der Waals surface area contributed by atoms with Gasteiger partial charge in [0, 0.05) is 40.0 Å². The van der Waals surface area contributed by atoms with Crippen LogP contribution in [0.25, 0.3) is 16.2 Å². The summed E-state index contributed by atoms with van der Waals surface area (Å²) in [6, 6.07) is 15.0. The lowest BCUT2D eigenvalue weighted by molar-refractivity contribution is -0.116. The maximum absolute atomic E-state index is 12.3. The van der Waals surface area contributed by atoms with Gasteiger partial charge in [-0.3, -0.25) is 9.20 Å². The second kappa shape index (κ2) is 8.04. The number of thiazole rings is 1. The van der Waals surface area contributed by atoms with Gasteiger partial charge in [-0.25, -0.2) is 4.98 Å². The van der Waals surface area contributed by atoms with Crippen molar-refractivity contribution in [3.05, 3.63) is 70.8 Å². The molecule has 4 aromatic rings. The SMILES string of the molecule is COc1ccc(-c2cn3c(CCC(=O)Nc4cccc(Cl)c4)csc3n2)cc1. The number of rotatable bonds is 6. The predicted octanol–water partition coefficient (Wildman–Crippen LogP) is 5.30. The van der Waals surface area contributed by atoms with E-state index >= 15 is 0 Å². The van der Waals surface area contributed by atoms with E-state index in [-0.39, 0.29) is 5.91 Å². The van der Waals surface area contributed by atoms with Crippen molar-refractivity contribution >= 4 is 39.5 Å². The average Bonchev–Trinajstić information content (AvgIpc) is 3.27. The highest BCUT2D eigenvalue weighted by molar-refractivity contribution is 7.15. The Morgan fingerprint density at radius 3 is 2.82 bits per heavy atom. The minimum absolute atomic E-state index is 0.0443. The number of carbonyl (C=O) groups excluding carboxylic acids is 1. The Kier molecular flexibility index (Phi) is 5.32. The van der Waals surface area contributed by atoms with Crippen LogP contribution in [0.3, 0.4) is 0 Å². The number of fused-ring (bicyclic) bond motifs is 1. The summed E-state index contributed by atoms with van der Waals surface area (Å²) in [5, 5.41) is 5.53. The Balaban J connectivity index is 1.45. The van der Waals surface area contributed by atoms with E-state index in [9.17, 15) is 4.79 Å². The first-order valence-corrected chi connectivity index (χ1v) is 10.0. The van der Waals surface area contributed by atoms with Crippen LogP contribution < -0.4 is 10.1 Å². The molecule has 0 aliphatic heterocycles. The Hall–Kier alpha value is -2.83. The van der Waals surface area contributed by atoms with Gasteiger partial charge in [0.05, 0.1) is 12.8 Å². The summed E-state index contributed by atoms with van der Waals surface area (Å²) in [6.07, 6.45) is 3.02. The topological polar surface area (TPSA) is 55.6 Å². The number of hydrogen-bond acceptors (Lipinski definition) is 4. The standard InChI is InChI=1S/C21H18ClN3O2S/c1-27-18-8-5-14(6-9-18)19-12-25-17(13-28-21(25)24-19)7-10-20(26)23-16-4-2-3-15(22)11-16/h2-6,8-9,11-13H,7,10H2,1H3,(H,23,26). The number of nitrogens with one attached hydrogen (secondary N) is 1. The van der Waals surface area contributed by atoms with E-state index in [1.54, 1.807) is 30.6 Å². The highest BCUT2D eigenvalue weighted by Gasteiger charge is 2.11. The molecule has 28 heavy (non-hydrogen) atoms. The zero-order valence-electron chi connectivity index (χ0n) is 15.2. The number of carbonyl (C=O) groups is 1. The molecule has 7 heteroatoms. The fraction of sp³-hybridized carbons (Fsp3) is 0.143. The van der Waals surface area contributed by atoms with Crippen molar-refractivity contribution in [2.75, 3.05) is 12.4 Å². The van der Waals surface area contributed by atoms with Crippen molar-refractivity contribution in [1.29, 1.82) is 0 Å². The van der Waals surface area contributed by atoms with Crippen LogP contribution in [0.1, 0.15) is 12.1 Å². The van der Waals surface area contributed by atoms with Crippen LogP contribution in [-0.4, -0.2) is 22.4 Å². The van der Waals surface area contributed by atoms with Crippen LogP contribution in [-0.2, 0) is 11.2 Å². The van der Waals surface area contributed by atoms with Crippen LogP contribution >= 0.6 is 22.9 Å². The van der Waals surface area contributed by atoms with E-state index in [0.717, 1.165) is 27.7 Å². The number of imidazole rings is 1. The second-order valence-electron chi connectivity index (χ2n) is 6.29. The quantitative estimate of drug-likeness (QED) is 0.468. The maximum atomic E-state index is 12.3. The summed E-state index contributed by atoms with van der Waals surface area (Å²) in [5.74, 6) is 0.772. The van der Waals surface area contributed by atoms with E-state index in [1.807, 2.05) is 48.0 Å². The molecular weight excluding hydrogens is 394 g/mol. The van der Waals surface area contributed by atoms with Gasteiger partial charge >= 0.3 is 0 Å². The number of halogens is 1. The van der Waals surface area contributed by atoms with Gasteiger partial charge in [-0.05, 0) is 48.9 Å². The first-order valence-electron chi connectivity index (χ1n) is 8.78. The highest BCUT2D eigenvalue weighted by Crippen LogP contribution is 2.26. The lowest BCUT2D eigenvalue weighted by Gasteiger charge is -2.05. The molecule has 0 radical (unpaired) electrons. The van der Waals surface area contributed by atoms with Gasteiger partial charge < -0.3 is 10.1 Å². The minimum Gasteiger partial charge on any atom is -0.497 e. The highest BCUT2D eigenvalue weighted by atomic mass is 35.5. The molecule has 0 fully saturated rings. The van der Waals surface area contributed by atoms with E-state index in [2.05, 4.69) is 14.7 Å². The monoisotopic (exact) mass is 411 g/mol. The molecule has 142 valence electrons. The average molecular weight is 412 g/mol. The van der Waals surface area contributed by atoms with Crippen molar-refractivity contribution in [2.24, 2.45) is 0 Å². The first kappa shape index (κ1) is 18.5. The molecule has 5 nitrogen and oxygen atoms in total. The number of aryl methyl sites for hydroxylation is 1. The van der Waals surface area contributed by atoms with Crippen molar-refractivity contribution in [3.63, 3.8) is 0 Å². The number of amides is 1. The van der Waals surface area contributed by atoms with Gasteiger partial charge in [0.25, 0.3) is 0 Å². The number of ether oxygens (including phenoxy) is 1. The zero-order valence-corrected chi connectivity index (χ0v) is 16.8. The van der Waals surface area contributed by atoms with Gasteiger partial charge in [0.1, 0.15) is 5.75 Å². The molecule has 0 unspecified atom stereocenters. The smallest absolute Gasteiger partial charge is 0.224 e. The molecule has 1 amide bonds. The molecular formula is C21H18ClN3O2S. The van der Waals surface area contributed by atoms with E-state index in [4.69, 9.17) is 16.3 Å². The summed E-state index contributed by atoms with van der Waals surface area (Å²) >= 11 is 7.53. The number of aromatic nitrogens is 2. The van der Waals surface area contributed by atoms with Crippen molar-refractivity contribution < 1.29 is 9.53 Å². The lowest BCUT2D eigenvalue weighted by Crippen LogP contribution is -2.12. The van der Waals surface area contributed by atoms with Crippen LogP contribution in [0.4, 0.5) is 5.69 Å². The molecule has 2 heterocycles. The van der Waals surface area contributed by atoms with Crippen molar-refractivity contribution in [2.45, 2.75) is 12.8 Å². The van der Waals surface area contributed by atoms with Gasteiger partial charge in [0.15, 0.2) is 4.96 Å². The Labute approximate surface area is 171 Å². The molecule has 0 spiro atoms. The van der Waals surface area contributed by atoms with Gasteiger partial charge in [-0.15, -0.1) is 11.3 Å². The molecule has 4 rings (SSSR count). The normalized spacial score (nSPS) is 10.9. The largest absolute Gasteiger partial charge is 0.497 e. The zero-order chi connectivity index (χ0) is 19.5. The molecule has 0 atom stereocenters. The van der Waals surface area contributed by atoms with E-state index in [1.165, 1.54) is 0 Å². The number of benzene rings is 2. The number of methoxy groups -OCH3 is 1. The van der Waals surface area contributed by atoms with E-state index < -0.39 is 0 Å². The van der Waals surface area contributed by atoms with E-state index in [0.29, 0.717) is 23.6 Å². The van der Waals surface area contributed by atoms with Gasteiger partial charge in [0.2, 0.25) is 5.91 Å². The Morgan fingerprint density at radius 1 is 1.25 bits per heavy atom. The molecule has 2 aromatic carbocycles. The molecule has 0 saturated heterocycles. The Bertz CT molecular complexity index is 1120. The van der Waals surface area contributed by atoms with Crippen LogP contribution in [0, 0.1) is 0 Å². The Morgan fingerprint density at radius 2 is 2.07 bits per heavy atom. The molecule has 2 aromatic heterocycles. The third-order valence-electron chi connectivity index (χ3n) is 4.39. The fourth-order valence-corrected chi connectivity index (χ4v) is 4.04. The van der Waals surface area contributed by atoms with Crippen molar-refractivity contribution in [3.8, 4) is 17.0 Å². The van der Waals surface area contributed by atoms with Crippen LogP contribution in [0.15, 0.2) is 60.1 Å². The lowest BCUT2D eigenvalue weighted by atomic mass is 10.1. The third kappa shape index (κ3) is 4.03. The fourth-order valence-electron chi connectivity index (χ4n) is 2.94. The van der Waals surface area contributed by atoms with Crippen LogP contribution in [0.5, 0.6) is 5.75 Å². The predicted molar refractivity (Wildman–Crippen MR) is 113 cm³/mol. The molecule has 0 saturated carbocycles. The summed E-state index contributed by atoms with van der Waals surface area (Å²) in [6.45, 7) is 0. The summed E-state index contributed by atoms with van der Waals surface area (Å²) in [4.78, 5) is 17.9. The number of anilines is 1. The summed E-state index contributed by atoms with van der Waals surface area (Å²) < 4.78 is 7.26. The summed E-state index contributed by atoms with van der Waals surface area (Å²) in [5.41, 5.74) is 3.70. The first-order chi connectivity index (χ1) is 13.6. The molecule has 0 aliphatic carbocycles. The third-order valence-corrected chi connectivity index (χ3v) is 5.51. The van der Waals surface area contributed by atoms with Gasteiger partial charge in [-0.2, -0.15) is 0 Å². The van der Waals surface area contributed by atoms with Gasteiger partial charge in [-0.1, -0.05) is 17.7 Å². The summed E-state index contributed by atoms with van der Waals surface area (Å²) in [7, 11) is 1.65. The van der Waals surface area contributed by atoms with Crippen molar-refractivity contribution in [1.82, 2.24) is 9.38 Å². The number of nitrogens with zero attached hydrogens (tertiary/aromatic N) is 2. The maximum Gasteiger partial charge on any atom is 0.224 e. The molecule has 0 aliphatic rings.